The average Bonchev–Trinajstić information content (AvgIpc) is 2.68. The number of likely N-dealkylation sites (tertiary alicyclic amines) is 1. The number of hydrogen-bond donors (Lipinski definition) is 1. The molecule has 0 saturated carbocycles. The molecule has 6 heteroatoms. The number of nitrogens with one attached hydrogen (secondary N) is 1. The zero-order valence-electron chi connectivity index (χ0n) is 9.45. The van der Waals surface area contributed by atoms with Crippen LogP contribution in [0.5, 0.6) is 0 Å². The van der Waals surface area contributed by atoms with E-state index in [1.54, 1.807) is 0 Å². The number of hydrogen-bond acceptors (Lipinski definition) is 5. The van der Waals surface area contributed by atoms with Crippen LogP contribution in [0, 0.1) is 5.92 Å². The van der Waals surface area contributed by atoms with Crippen molar-refractivity contribution in [1.82, 2.24) is 13.6 Å². The molecule has 1 aliphatic rings. The quantitative estimate of drug-likeness (QED) is 0.902. The Bertz CT molecular complexity index is 322. The third-order valence-electron chi connectivity index (χ3n) is 3.13. The maximum Gasteiger partial charge on any atom is 0.186 e. The summed E-state index contributed by atoms with van der Waals surface area (Å²) in [4.78, 5) is 2.39. The smallest absolute Gasteiger partial charge is 0.186 e. The van der Waals surface area contributed by atoms with Gasteiger partial charge in [0.1, 0.15) is 0 Å². The molecule has 0 aliphatic carbocycles. The third-order valence-corrected chi connectivity index (χ3v) is 4.02. The first kappa shape index (κ1) is 12.1. The highest BCUT2D eigenvalue weighted by Gasteiger charge is 2.16. The summed E-state index contributed by atoms with van der Waals surface area (Å²) in [6, 6.07) is 0. The molecule has 0 unspecified atom stereocenters. The molecular weight excluding hydrogens is 244 g/mol. The Hall–Kier alpha value is -0.390. The molecular formula is C10H17ClN4S. The molecule has 0 amide bonds. The Kier molecular flexibility index (Phi) is 4.37. The van der Waals surface area contributed by atoms with E-state index in [1.165, 1.54) is 32.4 Å². The zero-order valence-corrected chi connectivity index (χ0v) is 11.0. The zero-order chi connectivity index (χ0) is 11.4. The highest BCUT2D eigenvalue weighted by Crippen LogP contribution is 2.21. The molecule has 1 saturated heterocycles. The van der Waals surface area contributed by atoms with Crippen molar-refractivity contribution < 1.29 is 0 Å². The summed E-state index contributed by atoms with van der Waals surface area (Å²) >= 11 is 7.00. The number of nitrogens with zero attached hydrogens (tertiary/aromatic N) is 3. The maximum atomic E-state index is 5.85. The van der Waals surface area contributed by atoms with Gasteiger partial charge in [0.2, 0.25) is 0 Å². The minimum absolute atomic E-state index is 0.494. The Balaban J connectivity index is 1.67. The van der Waals surface area contributed by atoms with Crippen molar-refractivity contribution in [1.29, 1.82) is 0 Å². The van der Waals surface area contributed by atoms with Gasteiger partial charge >= 0.3 is 0 Å². The standard InChI is InChI=1S/C10H17ClN4S/c1-15-6-3-8(4-7-15)2-5-12-10-9(11)13-16-14-10/h8H,2-7H2,1H3,(H,12,14). The fourth-order valence-corrected chi connectivity index (χ4v) is 2.71. The van der Waals surface area contributed by atoms with E-state index in [2.05, 4.69) is 26.0 Å². The van der Waals surface area contributed by atoms with Crippen LogP contribution in [0.2, 0.25) is 5.15 Å². The molecule has 1 aromatic heterocycles. The summed E-state index contributed by atoms with van der Waals surface area (Å²) in [6.45, 7) is 3.40. The summed E-state index contributed by atoms with van der Waals surface area (Å²) in [6.07, 6.45) is 3.81. The van der Waals surface area contributed by atoms with Crippen molar-refractivity contribution in [2.75, 3.05) is 32.0 Å². The minimum Gasteiger partial charge on any atom is -0.367 e. The number of rotatable bonds is 4. The van der Waals surface area contributed by atoms with Gasteiger partial charge in [-0.15, -0.1) is 0 Å². The van der Waals surface area contributed by atoms with Gasteiger partial charge in [0.25, 0.3) is 0 Å². The van der Waals surface area contributed by atoms with Crippen LogP contribution in [-0.4, -0.2) is 40.3 Å². The van der Waals surface area contributed by atoms with Gasteiger partial charge in [-0.25, -0.2) is 0 Å². The lowest BCUT2D eigenvalue weighted by Crippen LogP contribution is -2.30. The molecule has 1 fully saturated rings. The van der Waals surface area contributed by atoms with Gasteiger partial charge in [0.05, 0.1) is 11.7 Å². The summed E-state index contributed by atoms with van der Waals surface area (Å²) in [7, 11) is 2.19. The molecule has 1 aliphatic heterocycles. The third kappa shape index (κ3) is 3.30. The van der Waals surface area contributed by atoms with E-state index in [0.29, 0.717) is 5.15 Å². The lowest BCUT2D eigenvalue weighted by atomic mass is 9.94. The van der Waals surface area contributed by atoms with E-state index in [4.69, 9.17) is 11.6 Å². The molecule has 2 heterocycles. The van der Waals surface area contributed by atoms with Crippen LogP contribution in [-0.2, 0) is 0 Å². The fraction of sp³-hybridized carbons (Fsp3) is 0.800. The van der Waals surface area contributed by atoms with E-state index < -0.39 is 0 Å². The van der Waals surface area contributed by atoms with E-state index in [-0.39, 0.29) is 0 Å². The average molecular weight is 261 g/mol. The molecule has 2 rings (SSSR count). The lowest BCUT2D eigenvalue weighted by Gasteiger charge is -2.28. The molecule has 0 atom stereocenters. The van der Waals surface area contributed by atoms with Gasteiger partial charge in [-0.3, -0.25) is 0 Å². The normalized spacial score (nSPS) is 18.9. The predicted octanol–water partition coefficient (Wildman–Crippen LogP) is 2.34. The second kappa shape index (κ2) is 5.80. The van der Waals surface area contributed by atoms with Crippen molar-refractivity contribution >= 4 is 29.1 Å². The van der Waals surface area contributed by atoms with Crippen LogP contribution in [0.25, 0.3) is 0 Å². The summed E-state index contributed by atoms with van der Waals surface area (Å²) < 4.78 is 8.01. The summed E-state index contributed by atoms with van der Waals surface area (Å²) in [5.74, 6) is 1.58. The Morgan fingerprint density at radius 2 is 2.19 bits per heavy atom. The second-order valence-electron chi connectivity index (χ2n) is 4.37. The van der Waals surface area contributed by atoms with Crippen LogP contribution in [0.1, 0.15) is 19.3 Å². The van der Waals surface area contributed by atoms with Gasteiger partial charge in [-0.05, 0) is 45.3 Å². The minimum atomic E-state index is 0.494. The predicted molar refractivity (Wildman–Crippen MR) is 68.2 cm³/mol. The molecule has 0 bridgehead atoms. The van der Waals surface area contributed by atoms with Crippen LogP contribution in [0.15, 0.2) is 0 Å². The maximum absolute atomic E-state index is 5.85. The Morgan fingerprint density at radius 3 is 2.81 bits per heavy atom. The van der Waals surface area contributed by atoms with Crippen LogP contribution in [0.3, 0.4) is 0 Å². The summed E-state index contributed by atoms with van der Waals surface area (Å²) in [5.41, 5.74) is 0. The molecule has 4 nitrogen and oxygen atoms in total. The highest BCUT2D eigenvalue weighted by atomic mass is 35.5. The Labute approximate surface area is 105 Å². The van der Waals surface area contributed by atoms with Crippen molar-refractivity contribution in [3.05, 3.63) is 5.15 Å². The van der Waals surface area contributed by atoms with Crippen LogP contribution >= 0.6 is 23.3 Å². The second-order valence-corrected chi connectivity index (χ2v) is 5.25. The first-order chi connectivity index (χ1) is 7.75. The van der Waals surface area contributed by atoms with Crippen LogP contribution < -0.4 is 5.32 Å². The van der Waals surface area contributed by atoms with E-state index in [1.807, 2.05) is 0 Å². The first-order valence-electron chi connectivity index (χ1n) is 5.66. The molecule has 1 N–H and O–H groups in total. The molecule has 0 radical (unpaired) electrons. The fourth-order valence-electron chi connectivity index (χ4n) is 2.03. The highest BCUT2D eigenvalue weighted by molar-refractivity contribution is 6.99. The largest absolute Gasteiger partial charge is 0.367 e. The topological polar surface area (TPSA) is 41.0 Å². The van der Waals surface area contributed by atoms with E-state index in [9.17, 15) is 0 Å². The van der Waals surface area contributed by atoms with Crippen molar-refractivity contribution in [2.24, 2.45) is 5.92 Å². The van der Waals surface area contributed by atoms with E-state index in [0.717, 1.165) is 30.0 Å². The number of aromatic nitrogens is 2. The Morgan fingerprint density at radius 1 is 1.44 bits per heavy atom. The molecule has 1 aromatic rings. The molecule has 16 heavy (non-hydrogen) atoms. The van der Waals surface area contributed by atoms with Crippen LogP contribution in [0.4, 0.5) is 5.82 Å². The number of anilines is 1. The van der Waals surface area contributed by atoms with E-state index >= 15 is 0 Å². The van der Waals surface area contributed by atoms with Gasteiger partial charge < -0.3 is 10.2 Å². The molecule has 0 spiro atoms. The van der Waals surface area contributed by atoms with Crippen molar-refractivity contribution in [3.8, 4) is 0 Å². The van der Waals surface area contributed by atoms with Gasteiger partial charge in [-0.1, -0.05) is 11.6 Å². The van der Waals surface area contributed by atoms with Crippen molar-refractivity contribution in [2.45, 2.75) is 19.3 Å². The summed E-state index contributed by atoms with van der Waals surface area (Å²) in [5, 5.41) is 3.74. The lowest BCUT2D eigenvalue weighted by molar-refractivity contribution is 0.215. The molecule has 0 aromatic carbocycles. The van der Waals surface area contributed by atoms with Gasteiger partial charge in [0.15, 0.2) is 11.0 Å². The first-order valence-corrected chi connectivity index (χ1v) is 6.77. The monoisotopic (exact) mass is 260 g/mol. The van der Waals surface area contributed by atoms with Gasteiger partial charge in [0, 0.05) is 6.54 Å². The molecule has 90 valence electrons. The van der Waals surface area contributed by atoms with Crippen molar-refractivity contribution in [3.63, 3.8) is 0 Å². The van der Waals surface area contributed by atoms with Gasteiger partial charge in [-0.2, -0.15) is 8.75 Å². The SMILES string of the molecule is CN1CCC(CCNc2nsnc2Cl)CC1. The number of halogens is 1. The number of piperidine rings is 1.